The summed E-state index contributed by atoms with van der Waals surface area (Å²) < 4.78 is 12.5. The lowest BCUT2D eigenvalue weighted by molar-refractivity contribution is -0.0190. The monoisotopic (exact) mass is 482 g/mol. The molecule has 4 heteroatoms. The Morgan fingerprint density at radius 3 is 2.38 bits per heavy atom. The molecular formula is C33H26N2O2. The van der Waals surface area contributed by atoms with Crippen molar-refractivity contribution in [3.05, 3.63) is 144 Å². The van der Waals surface area contributed by atoms with Crippen molar-refractivity contribution in [1.29, 1.82) is 0 Å². The van der Waals surface area contributed by atoms with Crippen LogP contribution in [0.2, 0.25) is 0 Å². The van der Waals surface area contributed by atoms with Crippen LogP contribution >= 0.6 is 0 Å². The minimum Gasteiger partial charge on any atom is -0.489 e. The molecule has 180 valence electrons. The van der Waals surface area contributed by atoms with Crippen molar-refractivity contribution in [2.75, 3.05) is 0 Å². The van der Waals surface area contributed by atoms with Crippen LogP contribution in [0.1, 0.15) is 40.9 Å². The highest BCUT2D eigenvalue weighted by Gasteiger charge is 2.40. The van der Waals surface area contributed by atoms with Crippen LogP contribution in [0, 0.1) is 0 Å². The Hall–Kier alpha value is -4.57. The minimum atomic E-state index is -0.305. The summed E-state index contributed by atoms with van der Waals surface area (Å²) in [5.41, 5.74) is 5.63. The van der Waals surface area contributed by atoms with E-state index in [0.29, 0.717) is 6.61 Å². The van der Waals surface area contributed by atoms with Crippen LogP contribution in [0.5, 0.6) is 11.5 Å². The van der Waals surface area contributed by atoms with Crippen LogP contribution in [-0.2, 0) is 6.61 Å². The fourth-order valence-corrected chi connectivity index (χ4v) is 5.27. The van der Waals surface area contributed by atoms with E-state index in [1.807, 2.05) is 36.4 Å². The summed E-state index contributed by atoms with van der Waals surface area (Å²) in [7, 11) is 0. The first-order valence-electron chi connectivity index (χ1n) is 12.7. The van der Waals surface area contributed by atoms with E-state index >= 15 is 0 Å². The molecular weight excluding hydrogens is 456 g/mol. The minimum absolute atomic E-state index is 0.130. The Morgan fingerprint density at radius 2 is 1.51 bits per heavy atom. The molecule has 2 aliphatic rings. The van der Waals surface area contributed by atoms with E-state index in [-0.39, 0.29) is 12.3 Å². The third-order valence-electron chi connectivity index (χ3n) is 7.20. The first kappa shape index (κ1) is 21.7. The SMILES string of the molecule is c1ccc(COc2ccc([C@@H]3Oc4ccccc4[C@H]4CC(c5ccc6ccccc6c5)=NN43)cc2)cc1. The molecule has 2 aliphatic heterocycles. The molecule has 5 aromatic carbocycles. The van der Waals surface area contributed by atoms with E-state index in [1.165, 1.54) is 16.3 Å². The molecule has 0 aromatic heterocycles. The molecule has 0 amide bonds. The Labute approximate surface area is 216 Å². The van der Waals surface area contributed by atoms with Crippen molar-refractivity contribution in [1.82, 2.24) is 5.01 Å². The van der Waals surface area contributed by atoms with Crippen LogP contribution in [0.3, 0.4) is 0 Å². The Balaban J connectivity index is 1.19. The van der Waals surface area contributed by atoms with Crippen molar-refractivity contribution >= 4 is 16.5 Å². The molecule has 0 unspecified atom stereocenters. The molecule has 0 saturated heterocycles. The second kappa shape index (κ2) is 9.14. The van der Waals surface area contributed by atoms with Gasteiger partial charge in [0.2, 0.25) is 6.23 Å². The van der Waals surface area contributed by atoms with Gasteiger partial charge in [0.1, 0.15) is 18.1 Å². The highest BCUT2D eigenvalue weighted by atomic mass is 16.5. The summed E-state index contributed by atoms with van der Waals surface area (Å²) in [6, 6.07) is 41.9. The molecule has 0 radical (unpaired) electrons. The number of ether oxygens (including phenoxy) is 2. The van der Waals surface area contributed by atoms with Crippen molar-refractivity contribution < 1.29 is 9.47 Å². The van der Waals surface area contributed by atoms with Gasteiger partial charge in [-0.25, -0.2) is 5.01 Å². The molecule has 7 rings (SSSR count). The molecule has 0 spiro atoms. The second-order valence-corrected chi connectivity index (χ2v) is 9.56. The van der Waals surface area contributed by atoms with Gasteiger partial charge in [0, 0.05) is 17.5 Å². The second-order valence-electron chi connectivity index (χ2n) is 9.56. The van der Waals surface area contributed by atoms with Gasteiger partial charge < -0.3 is 9.47 Å². The summed E-state index contributed by atoms with van der Waals surface area (Å²) in [6.45, 7) is 0.543. The van der Waals surface area contributed by atoms with Gasteiger partial charge in [-0.05, 0) is 58.3 Å². The molecule has 0 fully saturated rings. The zero-order valence-corrected chi connectivity index (χ0v) is 20.3. The van der Waals surface area contributed by atoms with Crippen molar-refractivity contribution in [2.24, 2.45) is 5.10 Å². The van der Waals surface area contributed by atoms with Gasteiger partial charge in [0.25, 0.3) is 0 Å². The van der Waals surface area contributed by atoms with Gasteiger partial charge in [0.05, 0.1) is 11.8 Å². The van der Waals surface area contributed by atoms with Gasteiger partial charge in [-0.3, -0.25) is 0 Å². The molecule has 0 N–H and O–H groups in total. The van der Waals surface area contributed by atoms with Gasteiger partial charge in [-0.2, -0.15) is 5.10 Å². The average molecular weight is 483 g/mol. The average Bonchev–Trinajstić information content (AvgIpc) is 3.42. The molecule has 0 aliphatic carbocycles. The third-order valence-corrected chi connectivity index (χ3v) is 7.20. The van der Waals surface area contributed by atoms with E-state index in [2.05, 4.69) is 89.9 Å². The Morgan fingerprint density at radius 1 is 0.757 bits per heavy atom. The maximum absolute atomic E-state index is 6.53. The van der Waals surface area contributed by atoms with Crippen LogP contribution in [-0.4, -0.2) is 10.7 Å². The Kier molecular flexibility index (Phi) is 5.36. The quantitative estimate of drug-likeness (QED) is 0.258. The topological polar surface area (TPSA) is 34.1 Å². The van der Waals surface area contributed by atoms with E-state index in [0.717, 1.165) is 40.3 Å². The van der Waals surface area contributed by atoms with E-state index in [9.17, 15) is 0 Å². The maximum Gasteiger partial charge on any atom is 0.213 e. The first-order chi connectivity index (χ1) is 18.3. The maximum atomic E-state index is 6.53. The molecule has 5 aromatic rings. The van der Waals surface area contributed by atoms with Crippen LogP contribution in [0.15, 0.2) is 126 Å². The number of fused-ring (bicyclic) bond motifs is 4. The fourth-order valence-electron chi connectivity index (χ4n) is 5.27. The molecule has 37 heavy (non-hydrogen) atoms. The number of para-hydroxylation sites is 1. The van der Waals surface area contributed by atoms with E-state index < -0.39 is 0 Å². The summed E-state index contributed by atoms with van der Waals surface area (Å²) >= 11 is 0. The largest absolute Gasteiger partial charge is 0.489 e. The van der Waals surface area contributed by atoms with E-state index in [1.54, 1.807) is 0 Å². The van der Waals surface area contributed by atoms with Gasteiger partial charge >= 0.3 is 0 Å². The third kappa shape index (κ3) is 4.11. The molecule has 2 heterocycles. The van der Waals surface area contributed by atoms with Gasteiger partial charge in [0.15, 0.2) is 0 Å². The smallest absolute Gasteiger partial charge is 0.213 e. The highest BCUT2D eigenvalue weighted by Crippen LogP contribution is 2.47. The van der Waals surface area contributed by atoms with Gasteiger partial charge in [-0.15, -0.1) is 0 Å². The normalized spacial score (nSPS) is 18.1. The van der Waals surface area contributed by atoms with E-state index in [4.69, 9.17) is 14.6 Å². The van der Waals surface area contributed by atoms with Gasteiger partial charge in [-0.1, -0.05) is 84.9 Å². The predicted octanol–water partition coefficient (Wildman–Crippen LogP) is 7.66. The lowest BCUT2D eigenvalue weighted by Crippen LogP contribution is -2.33. The number of hydrazone groups is 1. The highest BCUT2D eigenvalue weighted by molar-refractivity contribution is 6.04. The summed E-state index contributed by atoms with van der Waals surface area (Å²) in [4.78, 5) is 0. The summed E-state index contributed by atoms with van der Waals surface area (Å²) in [5, 5.41) is 9.74. The van der Waals surface area contributed by atoms with Crippen LogP contribution in [0.4, 0.5) is 0 Å². The first-order valence-corrected chi connectivity index (χ1v) is 12.7. The van der Waals surface area contributed by atoms with Crippen LogP contribution in [0.25, 0.3) is 10.8 Å². The lowest BCUT2D eigenvalue weighted by atomic mass is 9.95. The molecule has 0 saturated carbocycles. The summed E-state index contributed by atoms with van der Waals surface area (Å²) in [6.07, 6.45) is 0.536. The summed E-state index contributed by atoms with van der Waals surface area (Å²) in [5.74, 6) is 1.76. The lowest BCUT2D eigenvalue weighted by Gasteiger charge is -2.38. The number of hydrogen-bond acceptors (Lipinski definition) is 4. The zero-order chi connectivity index (χ0) is 24.6. The van der Waals surface area contributed by atoms with Crippen molar-refractivity contribution in [2.45, 2.75) is 25.3 Å². The Bertz CT molecular complexity index is 1590. The number of hydrogen-bond donors (Lipinski definition) is 0. The number of nitrogens with zero attached hydrogens (tertiary/aromatic N) is 2. The molecule has 4 nitrogen and oxygen atoms in total. The standard InChI is InChI=1S/C33H26N2O2/c1-2-8-23(9-3-1)22-36-28-18-16-25(17-19-28)33-35-31(29-12-6-7-13-32(29)37-33)21-30(34-35)27-15-14-24-10-4-5-11-26(24)20-27/h1-20,31,33H,21-22H2/t31-,33+/m1/s1. The van der Waals surface area contributed by atoms with Crippen molar-refractivity contribution in [3.8, 4) is 11.5 Å². The zero-order valence-electron chi connectivity index (χ0n) is 20.3. The fraction of sp³-hybridized carbons (Fsp3) is 0.121. The molecule has 2 atom stereocenters. The number of rotatable bonds is 5. The molecule has 0 bridgehead atoms. The predicted molar refractivity (Wildman–Crippen MR) is 147 cm³/mol. The number of benzene rings is 5. The van der Waals surface area contributed by atoms with Crippen LogP contribution < -0.4 is 9.47 Å². The van der Waals surface area contributed by atoms with Crippen molar-refractivity contribution in [3.63, 3.8) is 0 Å².